The second kappa shape index (κ2) is 4.08. The van der Waals surface area contributed by atoms with E-state index < -0.39 is 0 Å². The molecule has 0 fully saturated rings. The number of hydrogen-bond donors (Lipinski definition) is 0. The Morgan fingerprint density at radius 1 is 1.40 bits per heavy atom. The third-order valence-electron chi connectivity index (χ3n) is 1.53. The highest BCUT2D eigenvalue weighted by atomic mass is 31.1. The van der Waals surface area contributed by atoms with Crippen LogP contribution in [0.3, 0.4) is 0 Å². The lowest BCUT2D eigenvalue weighted by Crippen LogP contribution is -2.07. The van der Waals surface area contributed by atoms with E-state index in [4.69, 9.17) is 0 Å². The van der Waals surface area contributed by atoms with Crippen LogP contribution >= 0.6 is 8.46 Å². The molecule has 10 heavy (non-hydrogen) atoms. The summed E-state index contributed by atoms with van der Waals surface area (Å²) in [7, 11) is -0.133. The predicted molar refractivity (Wildman–Crippen MR) is 47.2 cm³/mol. The van der Waals surface area contributed by atoms with Gasteiger partial charge in [-0.2, -0.15) is 0 Å². The van der Waals surface area contributed by atoms with E-state index in [0.29, 0.717) is 11.1 Å². The zero-order valence-corrected chi connectivity index (χ0v) is 8.40. The largest absolute Gasteiger partial charge is 0.327 e. The average molecular weight is 161 g/mol. The van der Waals surface area contributed by atoms with Gasteiger partial charge in [0.15, 0.2) is 5.66 Å². The van der Waals surface area contributed by atoms with Crippen molar-refractivity contribution >= 4 is 8.46 Å². The molecule has 0 aliphatic rings. The maximum atomic E-state index is 10.4. The Morgan fingerprint density at radius 3 is 2.20 bits per heavy atom. The standard InChI is InChI=1S/C8H17OP/c1-7(10-9)5-6-8(2,3)4/h7H,5-6H2,1-4H3/p+1. The Morgan fingerprint density at radius 2 is 1.90 bits per heavy atom. The van der Waals surface area contributed by atoms with Crippen LogP contribution in [0.25, 0.3) is 0 Å². The molecular weight excluding hydrogens is 143 g/mol. The first kappa shape index (κ1) is 10.1. The molecule has 0 aliphatic heterocycles. The van der Waals surface area contributed by atoms with Crippen LogP contribution in [-0.4, -0.2) is 5.66 Å². The number of rotatable bonds is 3. The van der Waals surface area contributed by atoms with Gasteiger partial charge in [0.1, 0.15) is 0 Å². The number of hydrogen-bond acceptors (Lipinski definition) is 1. The van der Waals surface area contributed by atoms with Crippen molar-refractivity contribution < 1.29 is 4.57 Å². The third kappa shape index (κ3) is 6.22. The second-order valence-corrected chi connectivity index (χ2v) is 5.34. The molecule has 0 saturated heterocycles. The van der Waals surface area contributed by atoms with E-state index in [1.54, 1.807) is 0 Å². The Balaban J connectivity index is 3.45. The normalized spacial score (nSPS) is 15.6. The molecule has 2 unspecified atom stereocenters. The second-order valence-electron chi connectivity index (χ2n) is 4.12. The molecule has 0 bridgehead atoms. The van der Waals surface area contributed by atoms with Gasteiger partial charge in [0.25, 0.3) is 0 Å². The molecule has 0 rings (SSSR count). The summed E-state index contributed by atoms with van der Waals surface area (Å²) < 4.78 is 10.4. The van der Waals surface area contributed by atoms with Crippen LogP contribution in [0.2, 0.25) is 0 Å². The molecule has 2 heteroatoms. The molecular formula is C8H18OP+. The maximum Gasteiger partial charge on any atom is 0.327 e. The first-order valence-electron chi connectivity index (χ1n) is 3.83. The van der Waals surface area contributed by atoms with Crippen LogP contribution in [-0.2, 0) is 4.57 Å². The summed E-state index contributed by atoms with van der Waals surface area (Å²) >= 11 is 0. The highest BCUT2D eigenvalue weighted by Gasteiger charge is 2.15. The molecule has 0 radical (unpaired) electrons. The van der Waals surface area contributed by atoms with Gasteiger partial charge in [0.2, 0.25) is 0 Å². The van der Waals surface area contributed by atoms with Gasteiger partial charge in [-0.1, -0.05) is 25.3 Å². The average Bonchev–Trinajstić information content (AvgIpc) is 1.81. The van der Waals surface area contributed by atoms with Gasteiger partial charge in [-0.3, -0.25) is 0 Å². The molecule has 2 atom stereocenters. The lowest BCUT2D eigenvalue weighted by atomic mass is 9.90. The smallest absolute Gasteiger partial charge is 0.0772 e. The van der Waals surface area contributed by atoms with Gasteiger partial charge < -0.3 is 0 Å². The zero-order chi connectivity index (χ0) is 8.20. The minimum Gasteiger partial charge on any atom is -0.0772 e. The van der Waals surface area contributed by atoms with Gasteiger partial charge in [-0.05, 0) is 25.2 Å². The van der Waals surface area contributed by atoms with Crippen molar-refractivity contribution in [3.63, 3.8) is 0 Å². The summed E-state index contributed by atoms with van der Waals surface area (Å²) in [5.41, 5.74) is 0.785. The molecule has 0 aromatic carbocycles. The van der Waals surface area contributed by atoms with Crippen LogP contribution in [0, 0.1) is 5.41 Å². The summed E-state index contributed by atoms with van der Waals surface area (Å²) in [4.78, 5) is 0. The van der Waals surface area contributed by atoms with E-state index in [0.717, 1.165) is 6.42 Å². The first-order valence-corrected chi connectivity index (χ1v) is 4.82. The first-order chi connectivity index (χ1) is 4.45. The summed E-state index contributed by atoms with van der Waals surface area (Å²) in [6, 6.07) is 0. The fourth-order valence-corrected chi connectivity index (χ4v) is 0.971. The van der Waals surface area contributed by atoms with Crippen LogP contribution in [0.4, 0.5) is 0 Å². The topological polar surface area (TPSA) is 17.1 Å². The van der Waals surface area contributed by atoms with Gasteiger partial charge in [0.05, 0.1) is 0 Å². The molecule has 0 heterocycles. The summed E-state index contributed by atoms with van der Waals surface area (Å²) in [6.45, 7) is 8.69. The van der Waals surface area contributed by atoms with Crippen molar-refractivity contribution in [2.75, 3.05) is 0 Å². The molecule has 0 aliphatic carbocycles. The van der Waals surface area contributed by atoms with E-state index in [9.17, 15) is 4.57 Å². The van der Waals surface area contributed by atoms with E-state index in [-0.39, 0.29) is 8.46 Å². The van der Waals surface area contributed by atoms with Gasteiger partial charge in [0, 0.05) is 0 Å². The summed E-state index contributed by atoms with van der Waals surface area (Å²) in [5.74, 6) is 0. The predicted octanol–water partition coefficient (Wildman–Crippen LogP) is 3.23. The molecule has 0 amide bonds. The third-order valence-corrected chi connectivity index (χ3v) is 2.22. The van der Waals surface area contributed by atoms with Crippen molar-refractivity contribution in [1.29, 1.82) is 0 Å². The van der Waals surface area contributed by atoms with Gasteiger partial charge in [-0.15, -0.1) is 0 Å². The van der Waals surface area contributed by atoms with Crippen LogP contribution < -0.4 is 0 Å². The Labute approximate surface area is 65.4 Å². The Bertz CT molecular complexity index is 104. The summed E-state index contributed by atoms with van der Waals surface area (Å²) in [5, 5.41) is 0. The van der Waals surface area contributed by atoms with E-state index in [2.05, 4.69) is 20.8 Å². The Hall–Kier alpha value is 0.100. The SMILES string of the molecule is CC(CCC(C)(C)C)[PH+]=O. The lowest BCUT2D eigenvalue weighted by Gasteiger charge is -2.16. The molecule has 60 valence electrons. The van der Waals surface area contributed by atoms with E-state index >= 15 is 0 Å². The highest BCUT2D eigenvalue weighted by Crippen LogP contribution is 2.24. The molecule has 0 spiro atoms. The van der Waals surface area contributed by atoms with Gasteiger partial charge >= 0.3 is 8.46 Å². The van der Waals surface area contributed by atoms with Crippen molar-refractivity contribution in [2.24, 2.45) is 5.41 Å². The van der Waals surface area contributed by atoms with E-state index in [1.807, 2.05) is 6.92 Å². The van der Waals surface area contributed by atoms with Crippen LogP contribution in [0.1, 0.15) is 40.5 Å². The summed E-state index contributed by atoms with van der Waals surface area (Å²) in [6.07, 6.45) is 2.26. The molecule has 0 aromatic rings. The van der Waals surface area contributed by atoms with Crippen LogP contribution in [0.15, 0.2) is 0 Å². The van der Waals surface area contributed by atoms with Gasteiger partial charge in [-0.25, -0.2) is 0 Å². The molecule has 0 aromatic heterocycles. The molecule has 1 nitrogen and oxygen atoms in total. The lowest BCUT2D eigenvalue weighted by molar-refractivity contribution is 0.364. The fourth-order valence-electron chi connectivity index (χ4n) is 0.708. The monoisotopic (exact) mass is 161 g/mol. The quantitative estimate of drug-likeness (QED) is 0.581. The van der Waals surface area contributed by atoms with Crippen molar-refractivity contribution in [2.45, 2.75) is 46.2 Å². The molecule has 0 N–H and O–H groups in total. The Kier molecular flexibility index (Phi) is 4.12. The zero-order valence-electron chi connectivity index (χ0n) is 7.40. The maximum absolute atomic E-state index is 10.4. The minimum atomic E-state index is -0.133. The minimum absolute atomic E-state index is 0.133. The molecule has 0 saturated carbocycles. The van der Waals surface area contributed by atoms with Crippen molar-refractivity contribution in [1.82, 2.24) is 0 Å². The van der Waals surface area contributed by atoms with Crippen LogP contribution in [0.5, 0.6) is 0 Å². The fraction of sp³-hybridized carbons (Fsp3) is 1.00. The van der Waals surface area contributed by atoms with Crippen molar-refractivity contribution in [3.8, 4) is 0 Å². The highest BCUT2D eigenvalue weighted by molar-refractivity contribution is 7.24. The van der Waals surface area contributed by atoms with E-state index in [1.165, 1.54) is 6.42 Å². The van der Waals surface area contributed by atoms with Crippen molar-refractivity contribution in [3.05, 3.63) is 0 Å².